The highest BCUT2D eigenvalue weighted by Crippen LogP contribution is 2.38. The molecular weight excluding hydrogens is 627 g/mol. The topological polar surface area (TPSA) is 194 Å². The molecule has 5 rings (SSSR count). The highest BCUT2D eigenvalue weighted by Gasteiger charge is 2.25. The zero-order valence-corrected chi connectivity index (χ0v) is 26.5. The molecule has 46 heavy (non-hydrogen) atoms. The number of fused-ring (bicyclic) bond motifs is 1. The first kappa shape index (κ1) is 32.6. The third-order valence-electron chi connectivity index (χ3n) is 7.29. The zero-order valence-electron chi connectivity index (χ0n) is 24.9. The lowest BCUT2D eigenvalue weighted by atomic mass is 9.97. The van der Waals surface area contributed by atoms with E-state index < -0.39 is 22.9 Å². The van der Waals surface area contributed by atoms with Crippen molar-refractivity contribution in [2.45, 2.75) is 43.3 Å². The van der Waals surface area contributed by atoms with E-state index in [4.69, 9.17) is 16.2 Å². The van der Waals surface area contributed by atoms with Gasteiger partial charge >= 0.3 is 0 Å². The molecule has 2 atom stereocenters. The number of nitrogens with one attached hydrogen (secondary N) is 4. The van der Waals surface area contributed by atoms with Crippen molar-refractivity contribution in [1.82, 2.24) is 15.6 Å². The number of hydrogen-bond donors (Lipinski definition) is 6. The largest absolute Gasteiger partial charge is 0.492 e. The summed E-state index contributed by atoms with van der Waals surface area (Å²) in [6, 6.07) is 16.2. The average molecular weight is 662 g/mol. The van der Waals surface area contributed by atoms with Gasteiger partial charge in [0.2, 0.25) is 5.56 Å². The zero-order chi connectivity index (χ0) is 32.5. The number of carbonyl (C=O) groups is 2. The van der Waals surface area contributed by atoms with Crippen LogP contribution in [0.5, 0.6) is 5.75 Å². The van der Waals surface area contributed by atoms with Crippen LogP contribution in [0.4, 0.5) is 5.69 Å². The number of aldehydes is 1. The van der Waals surface area contributed by atoms with Crippen LogP contribution in [0, 0.1) is 0 Å². The molecule has 14 heteroatoms. The van der Waals surface area contributed by atoms with Crippen molar-refractivity contribution in [3.8, 4) is 16.9 Å². The van der Waals surface area contributed by atoms with Crippen LogP contribution < -0.4 is 37.1 Å². The average Bonchev–Trinajstić information content (AvgIpc) is 3.73. The molecule has 12 nitrogen and oxygen atoms in total. The van der Waals surface area contributed by atoms with Gasteiger partial charge in [-0.2, -0.15) is 0 Å². The minimum absolute atomic E-state index is 0.0315. The molecule has 1 aliphatic rings. The molecule has 2 aromatic carbocycles. The van der Waals surface area contributed by atoms with Crippen LogP contribution in [-0.4, -0.2) is 46.5 Å². The van der Waals surface area contributed by atoms with Gasteiger partial charge in [0, 0.05) is 38.3 Å². The number of aliphatic imine (C=N–C) groups is 1. The van der Waals surface area contributed by atoms with Gasteiger partial charge in [0.1, 0.15) is 21.8 Å². The third-order valence-corrected chi connectivity index (χ3v) is 9.31. The quantitative estimate of drug-likeness (QED) is 0.0484. The van der Waals surface area contributed by atoms with Gasteiger partial charge in [0.05, 0.1) is 18.3 Å². The number of H-pyrrole nitrogens is 1. The summed E-state index contributed by atoms with van der Waals surface area (Å²) in [5.41, 5.74) is 15.8. The number of anilines is 1. The second kappa shape index (κ2) is 15.5. The van der Waals surface area contributed by atoms with E-state index in [0.29, 0.717) is 73.0 Å². The van der Waals surface area contributed by atoms with Crippen molar-refractivity contribution >= 4 is 46.2 Å². The lowest BCUT2D eigenvalue weighted by molar-refractivity contribution is -0.109. The number of amides is 1. The summed E-state index contributed by atoms with van der Waals surface area (Å²) in [6.07, 6.45) is 3.93. The first-order valence-corrected chi connectivity index (χ1v) is 16.7. The number of aromatic nitrogens is 1. The van der Waals surface area contributed by atoms with Gasteiger partial charge in [0.25, 0.3) is 5.91 Å². The lowest BCUT2D eigenvalue weighted by Gasteiger charge is -2.16. The smallest absolute Gasteiger partial charge is 0.264 e. The number of benzene rings is 2. The summed E-state index contributed by atoms with van der Waals surface area (Å²) in [5, 5.41) is 7.87. The molecule has 1 amide bonds. The van der Waals surface area contributed by atoms with Crippen LogP contribution >= 0.6 is 11.3 Å². The fourth-order valence-corrected chi connectivity index (χ4v) is 6.95. The molecule has 1 aliphatic heterocycles. The summed E-state index contributed by atoms with van der Waals surface area (Å²) >= 11 is 1.18. The Labute approximate surface area is 272 Å². The van der Waals surface area contributed by atoms with Crippen LogP contribution in [0.25, 0.3) is 11.1 Å². The Hall–Kier alpha value is -4.79. The highest BCUT2D eigenvalue weighted by molar-refractivity contribution is 7.86. The summed E-state index contributed by atoms with van der Waals surface area (Å²) in [5.74, 6) is 0.0919. The first-order chi connectivity index (χ1) is 22.3. The lowest BCUT2D eigenvalue weighted by Crippen LogP contribution is -2.36. The van der Waals surface area contributed by atoms with Gasteiger partial charge in [-0.1, -0.05) is 30.3 Å². The van der Waals surface area contributed by atoms with Crippen molar-refractivity contribution < 1.29 is 18.5 Å². The Morgan fingerprint density at radius 2 is 2.00 bits per heavy atom. The third kappa shape index (κ3) is 8.27. The number of pyridine rings is 1. The second-order valence-corrected chi connectivity index (χ2v) is 12.7. The number of nitrogens with zero attached hydrogens (tertiary/aromatic N) is 1. The molecule has 0 saturated carbocycles. The van der Waals surface area contributed by atoms with E-state index in [1.807, 2.05) is 30.3 Å². The van der Waals surface area contributed by atoms with Crippen molar-refractivity contribution in [3.63, 3.8) is 0 Å². The minimum Gasteiger partial charge on any atom is -0.492 e. The number of rotatable bonds is 15. The summed E-state index contributed by atoms with van der Waals surface area (Å²) < 4.78 is 22.7. The fraction of sp³-hybridized carbons (Fsp3) is 0.250. The molecular formula is C32H35N7O5S2. The molecule has 0 bridgehead atoms. The Bertz CT molecular complexity index is 1800. The van der Waals surface area contributed by atoms with Crippen molar-refractivity contribution in [2.75, 3.05) is 17.9 Å². The molecule has 3 heterocycles. The standard InChI is InChI=1S/C32H35N7O5S2/c33-32(34)36-11-3-5-24(19-40)38-31(42)30-26(10-13-45-30)39-46(43)27-15-23(14-21-9-12-44-29(21)27)25-6-2-1-4-22(25)18-35-16-20-7-8-28(41)37-17-20/h1-2,4,6-8,10,13-15,17,19,24,35,39H,3,5,9,11-12,16,18H2,(H,37,41)(H,38,42)(H4,33,34,36). The number of carbonyl (C=O) groups excluding carboxylic acids is 2. The van der Waals surface area contributed by atoms with Crippen molar-refractivity contribution in [1.29, 1.82) is 0 Å². The van der Waals surface area contributed by atoms with E-state index in [9.17, 15) is 18.6 Å². The Kier molecular flexibility index (Phi) is 11.0. The minimum atomic E-state index is -1.77. The normalized spacial score (nSPS) is 13.2. The predicted octanol–water partition coefficient (Wildman–Crippen LogP) is 2.81. The van der Waals surface area contributed by atoms with E-state index in [1.165, 1.54) is 17.4 Å². The maximum absolute atomic E-state index is 13.8. The van der Waals surface area contributed by atoms with E-state index in [2.05, 4.69) is 31.4 Å². The van der Waals surface area contributed by atoms with Crippen molar-refractivity contribution in [3.05, 3.63) is 98.1 Å². The van der Waals surface area contributed by atoms with Gasteiger partial charge in [-0.05, 0) is 64.2 Å². The molecule has 8 N–H and O–H groups in total. The summed E-state index contributed by atoms with van der Waals surface area (Å²) in [7, 11) is -1.77. The van der Waals surface area contributed by atoms with Gasteiger partial charge in [-0.3, -0.25) is 19.3 Å². The molecule has 2 unspecified atom stereocenters. The molecule has 0 aliphatic carbocycles. The molecule has 0 spiro atoms. The van der Waals surface area contributed by atoms with Crippen LogP contribution in [0.15, 0.2) is 80.9 Å². The Morgan fingerprint density at radius 3 is 2.78 bits per heavy atom. The molecule has 0 fully saturated rings. The predicted molar refractivity (Wildman–Crippen MR) is 180 cm³/mol. The van der Waals surface area contributed by atoms with Gasteiger partial charge < -0.3 is 36.6 Å². The number of ether oxygens (including phenoxy) is 1. The highest BCUT2D eigenvalue weighted by atomic mass is 32.2. The number of guanidine groups is 1. The number of hydrogen-bond acceptors (Lipinski definition) is 8. The van der Waals surface area contributed by atoms with E-state index in [-0.39, 0.29) is 11.5 Å². The number of aromatic amines is 1. The van der Waals surface area contributed by atoms with E-state index >= 15 is 0 Å². The molecule has 0 saturated heterocycles. The molecule has 4 aromatic rings. The van der Waals surface area contributed by atoms with Crippen LogP contribution in [-0.2, 0) is 35.3 Å². The van der Waals surface area contributed by atoms with Crippen LogP contribution in [0.2, 0.25) is 0 Å². The summed E-state index contributed by atoms with van der Waals surface area (Å²) in [6.45, 7) is 1.97. The fourth-order valence-electron chi connectivity index (χ4n) is 5.06. The molecule has 240 valence electrons. The molecule has 0 radical (unpaired) electrons. The second-order valence-electron chi connectivity index (χ2n) is 10.6. The van der Waals surface area contributed by atoms with E-state index in [1.54, 1.807) is 23.7 Å². The van der Waals surface area contributed by atoms with E-state index in [0.717, 1.165) is 27.8 Å². The SMILES string of the molecule is NC(N)=NCCCC(C=O)NC(=O)c1sccc1NS(=O)c1cc(-c2ccccc2CNCc2ccc(=O)[nH]c2)cc2c1OCC2. The van der Waals surface area contributed by atoms with Gasteiger partial charge in [-0.15, -0.1) is 11.3 Å². The maximum atomic E-state index is 13.8. The number of thiophene rings is 1. The summed E-state index contributed by atoms with van der Waals surface area (Å²) in [4.78, 5) is 43.4. The van der Waals surface area contributed by atoms with Crippen molar-refractivity contribution in [2.24, 2.45) is 16.5 Å². The monoisotopic (exact) mass is 661 g/mol. The Balaban J connectivity index is 1.31. The first-order valence-electron chi connectivity index (χ1n) is 14.7. The maximum Gasteiger partial charge on any atom is 0.264 e. The van der Waals surface area contributed by atoms with Gasteiger partial charge in [-0.25, -0.2) is 4.21 Å². The van der Waals surface area contributed by atoms with Crippen LogP contribution in [0.3, 0.4) is 0 Å². The number of nitrogens with two attached hydrogens (primary N) is 2. The van der Waals surface area contributed by atoms with Gasteiger partial charge in [0.15, 0.2) is 16.9 Å². The Morgan fingerprint density at radius 1 is 1.15 bits per heavy atom. The van der Waals surface area contributed by atoms with Crippen LogP contribution in [0.1, 0.15) is 39.2 Å². The molecule has 2 aromatic heterocycles.